The number of amides is 2. The Morgan fingerprint density at radius 1 is 0.690 bits per heavy atom. The minimum absolute atomic E-state index is 0.201. The number of ether oxygens (including phenoxy) is 1. The van der Waals surface area contributed by atoms with E-state index in [2.05, 4.69) is 34.5 Å². The minimum atomic E-state index is -0.853. The molecule has 0 bridgehead atoms. The SMILES string of the molecule is O=C(Nc1ccccc1)OC1(CCCCN2CCN(C(=O)Cc3ccccc3)CC2)c2ccccc2-c2ccccc21. The van der Waals surface area contributed by atoms with E-state index in [1.807, 2.05) is 89.8 Å². The molecule has 0 radical (unpaired) electrons. The van der Waals surface area contributed by atoms with Crippen LogP contribution in [0.1, 0.15) is 36.0 Å². The molecule has 0 atom stereocenters. The number of nitrogens with zero attached hydrogens (tertiary/aromatic N) is 2. The lowest BCUT2D eigenvalue weighted by Gasteiger charge is -2.35. The normalized spacial score (nSPS) is 15.5. The molecule has 1 saturated heterocycles. The van der Waals surface area contributed by atoms with E-state index in [9.17, 15) is 9.59 Å². The first kappa shape index (κ1) is 27.7. The molecule has 1 N–H and O–H groups in total. The molecule has 1 heterocycles. The van der Waals surface area contributed by atoms with Gasteiger partial charge < -0.3 is 9.64 Å². The van der Waals surface area contributed by atoms with Crippen molar-refractivity contribution in [1.82, 2.24) is 9.80 Å². The molecule has 0 unspecified atom stereocenters. The topological polar surface area (TPSA) is 61.9 Å². The maximum absolute atomic E-state index is 13.3. The molecule has 6 heteroatoms. The van der Waals surface area contributed by atoms with Gasteiger partial charge in [-0.05, 0) is 54.6 Å². The Balaban J connectivity index is 1.09. The fourth-order valence-corrected chi connectivity index (χ4v) is 6.35. The lowest BCUT2D eigenvalue weighted by molar-refractivity contribution is -0.132. The van der Waals surface area contributed by atoms with Gasteiger partial charge in [0.25, 0.3) is 0 Å². The second kappa shape index (κ2) is 12.6. The molecular weight excluding hydrogens is 522 g/mol. The Kier molecular flexibility index (Phi) is 8.33. The van der Waals surface area contributed by atoms with Gasteiger partial charge in [-0.3, -0.25) is 15.0 Å². The van der Waals surface area contributed by atoms with E-state index in [4.69, 9.17) is 4.74 Å². The molecule has 4 aromatic carbocycles. The first-order chi connectivity index (χ1) is 20.6. The van der Waals surface area contributed by atoms with Gasteiger partial charge in [-0.1, -0.05) is 97.1 Å². The maximum Gasteiger partial charge on any atom is 0.412 e. The summed E-state index contributed by atoms with van der Waals surface area (Å²) in [6.45, 7) is 4.25. The lowest BCUT2D eigenvalue weighted by Crippen LogP contribution is -2.49. The van der Waals surface area contributed by atoms with Gasteiger partial charge >= 0.3 is 6.09 Å². The van der Waals surface area contributed by atoms with Crippen molar-refractivity contribution in [1.29, 1.82) is 0 Å². The van der Waals surface area contributed by atoms with Gasteiger partial charge in [0.15, 0.2) is 5.60 Å². The van der Waals surface area contributed by atoms with E-state index < -0.39 is 11.7 Å². The van der Waals surface area contributed by atoms with Crippen molar-refractivity contribution in [2.45, 2.75) is 31.3 Å². The molecular formula is C36H37N3O3. The second-order valence-electron chi connectivity index (χ2n) is 11.1. The van der Waals surface area contributed by atoms with Gasteiger partial charge in [-0.15, -0.1) is 0 Å². The third-order valence-electron chi connectivity index (χ3n) is 8.48. The summed E-state index contributed by atoms with van der Waals surface area (Å²) < 4.78 is 6.43. The monoisotopic (exact) mass is 559 g/mol. The van der Waals surface area contributed by atoms with Crippen molar-refractivity contribution in [3.8, 4) is 11.1 Å². The first-order valence-corrected chi connectivity index (χ1v) is 14.9. The number of fused-ring (bicyclic) bond motifs is 3. The molecule has 6 rings (SSSR count). The molecule has 0 aromatic heterocycles. The zero-order chi connectivity index (χ0) is 28.8. The van der Waals surface area contributed by atoms with Gasteiger partial charge in [0.1, 0.15) is 0 Å². The number of carbonyl (C=O) groups excluding carboxylic acids is 2. The summed E-state index contributed by atoms with van der Waals surface area (Å²) in [6, 6.07) is 35.9. The minimum Gasteiger partial charge on any atom is -0.433 e. The fourth-order valence-electron chi connectivity index (χ4n) is 6.35. The van der Waals surface area contributed by atoms with E-state index in [1.54, 1.807) is 0 Å². The van der Waals surface area contributed by atoms with Gasteiger partial charge in [-0.25, -0.2) is 4.79 Å². The average Bonchev–Trinajstić information content (AvgIpc) is 3.30. The van der Waals surface area contributed by atoms with Crippen molar-refractivity contribution in [2.24, 2.45) is 0 Å². The van der Waals surface area contributed by atoms with Crippen LogP contribution in [0.4, 0.5) is 10.5 Å². The number of piperazine rings is 1. The molecule has 0 spiro atoms. The molecule has 0 saturated carbocycles. The molecule has 2 amide bonds. The number of benzene rings is 4. The summed E-state index contributed by atoms with van der Waals surface area (Å²) in [6.07, 6.45) is 2.58. The third-order valence-corrected chi connectivity index (χ3v) is 8.48. The van der Waals surface area contributed by atoms with Crippen LogP contribution in [-0.2, 0) is 21.6 Å². The third kappa shape index (κ3) is 5.95. The van der Waals surface area contributed by atoms with Crippen LogP contribution in [0.5, 0.6) is 0 Å². The Bertz CT molecular complexity index is 1470. The van der Waals surface area contributed by atoms with E-state index in [-0.39, 0.29) is 5.91 Å². The van der Waals surface area contributed by atoms with Crippen LogP contribution in [0.15, 0.2) is 109 Å². The number of carbonyl (C=O) groups is 2. The van der Waals surface area contributed by atoms with Gasteiger partial charge in [0, 0.05) is 43.0 Å². The quantitative estimate of drug-likeness (QED) is 0.231. The zero-order valence-corrected chi connectivity index (χ0v) is 23.9. The largest absolute Gasteiger partial charge is 0.433 e. The summed E-state index contributed by atoms with van der Waals surface area (Å²) in [4.78, 5) is 30.5. The Morgan fingerprint density at radius 3 is 1.90 bits per heavy atom. The van der Waals surface area contributed by atoms with Gasteiger partial charge in [0.05, 0.1) is 6.42 Å². The number of hydrogen-bond donors (Lipinski definition) is 1. The molecule has 214 valence electrons. The van der Waals surface area contributed by atoms with E-state index >= 15 is 0 Å². The Hall–Kier alpha value is -4.42. The van der Waals surface area contributed by atoms with Crippen LogP contribution in [0.2, 0.25) is 0 Å². The molecule has 1 aliphatic heterocycles. The number of unbranched alkanes of at least 4 members (excludes halogenated alkanes) is 1. The maximum atomic E-state index is 13.3. The second-order valence-corrected chi connectivity index (χ2v) is 11.1. The zero-order valence-electron chi connectivity index (χ0n) is 23.9. The standard InChI is InChI=1S/C36H37N3O3/c40-34(27-28-13-3-1-4-14-28)39-25-23-38(24-26-39)22-12-11-21-36(42-35(41)37-29-15-5-2-6-16-29)32-19-9-7-17-30(32)31-18-8-10-20-33(31)36/h1-10,13-20H,11-12,21-27H2,(H,37,41). The molecule has 1 aliphatic carbocycles. The highest BCUT2D eigenvalue weighted by atomic mass is 16.6. The van der Waals surface area contributed by atoms with Crippen LogP contribution < -0.4 is 5.32 Å². The van der Waals surface area contributed by atoms with E-state index in [0.29, 0.717) is 18.5 Å². The highest BCUT2D eigenvalue weighted by Crippen LogP contribution is 2.52. The number of anilines is 1. The Labute approximate surface area is 247 Å². The van der Waals surface area contributed by atoms with Crippen LogP contribution in [0, 0.1) is 0 Å². The average molecular weight is 560 g/mol. The van der Waals surface area contributed by atoms with Crippen molar-refractivity contribution >= 4 is 17.7 Å². The van der Waals surface area contributed by atoms with Crippen molar-refractivity contribution < 1.29 is 14.3 Å². The van der Waals surface area contributed by atoms with Crippen molar-refractivity contribution in [3.63, 3.8) is 0 Å². The van der Waals surface area contributed by atoms with Gasteiger partial charge in [0.2, 0.25) is 5.91 Å². The van der Waals surface area contributed by atoms with Crippen molar-refractivity contribution in [2.75, 3.05) is 38.0 Å². The lowest BCUT2D eigenvalue weighted by atomic mass is 9.86. The molecule has 1 fully saturated rings. The summed E-state index contributed by atoms with van der Waals surface area (Å²) in [5.74, 6) is 0.201. The van der Waals surface area contributed by atoms with Gasteiger partial charge in [-0.2, -0.15) is 0 Å². The number of nitrogens with one attached hydrogen (secondary N) is 1. The van der Waals surface area contributed by atoms with Crippen LogP contribution in [0.3, 0.4) is 0 Å². The molecule has 4 aromatic rings. The van der Waals surface area contributed by atoms with Crippen LogP contribution >= 0.6 is 0 Å². The smallest absolute Gasteiger partial charge is 0.412 e. The Morgan fingerprint density at radius 2 is 1.26 bits per heavy atom. The summed E-state index contributed by atoms with van der Waals surface area (Å²) in [5, 5.41) is 2.92. The van der Waals surface area contributed by atoms with Crippen LogP contribution in [0.25, 0.3) is 11.1 Å². The summed E-state index contributed by atoms with van der Waals surface area (Å²) in [7, 11) is 0. The summed E-state index contributed by atoms with van der Waals surface area (Å²) in [5.41, 5.74) is 5.25. The predicted molar refractivity (Wildman–Crippen MR) is 166 cm³/mol. The van der Waals surface area contributed by atoms with E-state index in [1.165, 1.54) is 0 Å². The first-order valence-electron chi connectivity index (χ1n) is 14.9. The molecule has 42 heavy (non-hydrogen) atoms. The number of rotatable bonds is 9. The highest BCUT2D eigenvalue weighted by molar-refractivity contribution is 5.87. The number of para-hydroxylation sites is 1. The predicted octanol–water partition coefficient (Wildman–Crippen LogP) is 6.72. The van der Waals surface area contributed by atoms with Crippen molar-refractivity contribution in [3.05, 3.63) is 126 Å². The molecule has 2 aliphatic rings. The number of hydrogen-bond acceptors (Lipinski definition) is 4. The van der Waals surface area contributed by atoms with Crippen LogP contribution in [-0.4, -0.2) is 54.5 Å². The highest BCUT2D eigenvalue weighted by Gasteiger charge is 2.46. The fraction of sp³-hybridized carbons (Fsp3) is 0.278. The van der Waals surface area contributed by atoms with E-state index in [0.717, 1.165) is 73.4 Å². The summed E-state index contributed by atoms with van der Waals surface area (Å²) >= 11 is 0. The molecule has 6 nitrogen and oxygen atoms in total.